The summed E-state index contributed by atoms with van der Waals surface area (Å²) >= 11 is 6.04. The molecule has 6 heteroatoms. The lowest BCUT2D eigenvalue weighted by molar-refractivity contribution is -0.130. The number of benzene rings is 3. The molecule has 0 atom stereocenters. The van der Waals surface area contributed by atoms with E-state index in [0.717, 1.165) is 61.5 Å². The number of carbonyl (C=O) groups excluding carboxylic acids is 1. The van der Waals surface area contributed by atoms with Crippen molar-refractivity contribution >= 4 is 17.5 Å². The van der Waals surface area contributed by atoms with Crippen molar-refractivity contribution in [2.24, 2.45) is 0 Å². The van der Waals surface area contributed by atoms with Crippen LogP contribution in [0.25, 0.3) is 0 Å². The fraction of sp³-hybridized carbons (Fsp3) is 0.387. The smallest absolute Gasteiger partial charge is 0.227 e. The van der Waals surface area contributed by atoms with Gasteiger partial charge in [-0.1, -0.05) is 66.2 Å². The van der Waals surface area contributed by atoms with Crippen LogP contribution in [0.1, 0.15) is 42.9 Å². The van der Waals surface area contributed by atoms with Crippen LogP contribution in [0.15, 0.2) is 72.8 Å². The summed E-state index contributed by atoms with van der Waals surface area (Å²) in [5.41, 5.74) is 3.35. The molecule has 0 saturated carbocycles. The molecule has 0 bridgehead atoms. The lowest BCUT2D eigenvalue weighted by Crippen LogP contribution is -2.39. The number of fused-ring (bicyclic) bond motifs is 1. The topological polar surface area (TPSA) is 42.0 Å². The molecule has 0 fully saturated rings. The van der Waals surface area contributed by atoms with Gasteiger partial charge in [-0.15, -0.1) is 0 Å². The molecule has 0 radical (unpaired) electrons. The fourth-order valence-corrected chi connectivity index (χ4v) is 4.81. The van der Waals surface area contributed by atoms with E-state index in [2.05, 4.69) is 35.2 Å². The Bertz CT molecular complexity index is 1120. The Kier molecular flexibility index (Phi) is 10.3. The number of nitrogens with zero attached hydrogens (tertiary/aromatic N) is 2. The van der Waals surface area contributed by atoms with E-state index >= 15 is 0 Å². The van der Waals surface area contributed by atoms with Gasteiger partial charge in [-0.25, -0.2) is 0 Å². The number of para-hydroxylation sites is 1. The summed E-state index contributed by atoms with van der Waals surface area (Å²) in [6, 6.07) is 24.2. The second kappa shape index (κ2) is 14.1. The highest BCUT2D eigenvalue weighted by Crippen LogP contribution is 2.33. The first-order valence-corrected chi connectivity index (χ1v) is 13.7. The minimum absolute atomic E-state index is 0.159. The average Bonchev–Trinajstić information content (AvgIpc) is 2.92. The van der Waals surface area contributed by atoms with Crippen molar-refractivity contribution in [2.45, 2.75) is 45.7 Å². The van der Waals surface area contributed by atoms with Crippen molar-refractivity contribution in [3.63, 3.8) is 0 Å². The van der Waals surface area contributed by atoms with Crippen molar-refractivity contribution in [3.05, 3.63) is 94.5 Å². The zero-order valence-corrected chi connectivity index (χ0v) is 22.5. The molecule has 1 amide bonds. The second-order valence-electron chi connectivity index (χ2n) is 9.47. The van der Waals surface area contributed by atoms with Gasteiger partial charge in [-0.05, 0) is 55.5 Å². The Hall–Kier alpha value is -3.02. The number of rotatable bonds is 6. The molecule has 1 aliphatic heterocycles. The van der Waals surface area contributed by atoms with Gasteiger partial charge in [0.15, 0.2) is 11.5 Å². The normalized spacial score (nSPS) is 15.5. The number of amides is 1. The predicted molar refractivity (Wildman–Crippen MR) is 149 cm³/mol. The molecule has 0 N–H and O–H groups in total. The van der Waals surface area contributed by atoms with Crippen molar-refractivity contribution in [1.29, 1.82) is 0 Å². The molecule has 0 unspecified atom stereocenters. The van der Waals surface area contributed by atoms with E-state index in [1.165, 1.54) is 5.56 Å². The molecule has 3 aromatic rings. The summed E-state index contributed by atoms with van der Waals surface area (Å²) in [6.45, 7) is 6.93. The highest BCUT2D eigenvalue weighted by atomic mass is 35.5. The molecular weight excluding hydrogens is 484 g/mol. The maximum Gasteiger partial charge on any atom is 0.227 e. The quantitative estimate of drug-likeness (QED) is 0.378. The first-order chi connectivity index (χ1) is 18.1. The van der Waals surface area contributed by atoms with Gasteiger partial charge in [0.1, 0.15) is 0 Å². The molecule has 0 saturated heterocycles. The molecule has 0 spiro atoms. The van der Waals surface area contributed by atoms with E-state index in [1.54, 1.807) is 0 Å². The molecule has 37 heavy (non-hydrogen) atoms. The minimum Gasteiger partial charge on any atom is -0.490 e. The third-order valence-electron chi connectivity index (χ3n) is 6.63. The highest BCUT2D eigenvalue weighted by molar-refractivity contribution is 6.30. The Morgan fingerprint density at radius 3 is 2.49 bits per heavy atom. The maximum absolute atomic E-state index is 13.4. The van der Waals surface area contributed by atoms with Crippen molar-refractivity contribution in [2.75, 3.05) is 32.8 Å². The van der Waals surface area contributed by atoms with Crippen LogP contribution >= 0.6 is 11.6 Å². The van der Waals surface area contributed by atoms with Gasteiger partial charge < -0.3 is 14.4 Å². The first-order valence-electron chi connectivity index (χ1n) is 13.3. The van der Waals surface area contributed by atoms with Crippen LogP contribution in [-0.4, -0.2) is 48.6 Å². The minimum atomic E-state index is 0.159. The summed E-state index contributed by atoms with van der Waals surface area (Å²) in [6.07, 6.45) is 3.28. The van der Waals surface area contributed by atoms with Crippen molar-refractivity contribution < 1.29 is 14.3 Å². The van der Waals surface area contributed by atoms with Gasteiger partial charge >= 0.3 is 0 Å². The van der Waals surface area contributed by atoms with E-state index < -0.39 is 0 Å². The summed E-state index contributed by atoms with van der Waals surface area (Å²) in [5.74, 6) is 1.80. The van der Waals surface area contributed by atoms with Gasteiger partial charge in [-0.3, -0.25) is 9.69 Å². The molecule has 5 nitrogen and oxygen atoms in total. The van der Waals surface area contributed by atoms with Gasteiger partial charge in [0.25, 0.3) is 0 Å². The molecule has 0 aromatic heterocycles. The number of halogens is 1. The molecule has 1 heterocycles. The van der Waals surface area contributed by atoms with Crippen LogP contribution in [0.5, 0.6) is 11.5 Å². The van der Waals surface area contributed by atoms with Crippen LogP contribution in [0.3, 0.4) is 0 Å². The average molecular weight is 521 g/mol. The SMILES string of the molecule is CCOc1cccc2c1OCCCCCN(C(=O)Cc1ccc(Cl)cc1)CCN(Cc1ccccc1)C2. The van der Waals surface area contributed by atoms with Crippen LogP contribution < -0.4 is 9.47 Å². The molecule has 1 aliphatic rings. The Labute approximate surface area is 225 Å². The molecule has 3 aromatic carbocycles. The van der Waals surface area contributed by atoms with Crippen LogP contribution in [0.4, 0.5) is 0 Å². The van der Waals surface area contributed by atoms with Crippen LogP contribution in [0, 0.1) is 0 Å². The largest absolute Gasteiger partial charge is 0.490 e. The Morgan fingerprint density at radius 2 is 1.70 bits per heavy atom. The van der Waals surface area contributed by atoms with E-state index in [4.69, 9.17) is 21.1 Å². The van der Waals surface area contributed by atoms with E-state index in [-0.39, 0.29) is 5.91 Å². The summed E-state index contributed by atoms with van der Waals surface area (Å²) in [4.78, 5) is 17.8. The summed E-state index contributed by atoms with van der Waals surface area (Å²) < 4.78 is 12.2. The third kappa shape index (κ3) is 8.24. The zero-order chi connectivity index (χ0) is 25.9. The standard InChI is InChI=1S/C31H37ClN2O3/c1-2-36-29-13-9-12-27-24-33(23-26-10-5-3-6-11-26)19-20-34(18-7-4-8-21-37-31(27)29)30(35)22-25-14-16-28(32)17-15-25/h3,5-6,9-17H,2,4,7-8,18-24H2,1H3. The predicted octanol–water partition coefficient (Wildman–Crippen LogP) is 6.37. The van der Waals surface area contributed by atoms with E-state index in [9.17, 15) is 4.79 Å². The number of hydrogen-bond acceptors (Lipinski definition) is 4. The Morgan fingerprint density at radius 1 is 0.892 bits per heavy atom. The summed E-state index contributed by atoms with van der Waals surface area (Å²) in [5, 5.41) is 0.685. The van der Waals surface area contributed by atoms with Gasteiger partial charge in [0, 0.05) is 43.3 Å². The van der Waals surface area contributed by atoms with Crippen LogP contribution in [-0.2, 0) is 24.3 Å². The highest BCUT2D eigenvalue weighted by Gasteiger charge is 2.19. The lowest BCUT2D eigenvalue weighted by Gasteiger charge is -2.29. The van der Waals surface area contributed by atoms with Gasteiger partial charge in [-0.2, -0.15) is 0 Å². The van der Waals surface area contributed by atoms with Gasteiger partial charge in [0.2, 0.25) is 5.91 Å². The van der Waals surface area contributed by atoms with Gasteiger partial charge in [0.05, 0.1) is 19.6 Å². The number of ether oxygens (including phenoxy) is 2. The fourth-order valence-electron chi connectivity index (χ4n) is 4.68. The number of carbonyl (C=O) groups is 1. The summed E-state index contributed by atoms with van der Waals surface area (Å²) in [7, 11) is 0. The molecule has 0 aliphatic carbocycles. The molecular formula is C31H37ClN2O3. The second-order valence-corrected chi connectivity index (χ2v) is 9.90. The van der Waals surface area contributed by atoms with Crippen LogP contribution in [0.2, 0.25) is 5.02 Å². The van der Waals surface area contributed by atoms with Crippen molar-refractivity contribution in [1.82, 2.24) is 9.80 Å². The maximum atomic E-state index is 13.4. The van der Waals surface area contributed by atoms with Crippen molar-refractivity contribution in [3.8, 4) is 11.5 Å². The van der Waals surface area contributed by atoms with E-state index in [0.29, 0.717) is 37.7 Å². The molecule has 196 valence electrons. The monoisotopic (exact) mass is 520 g/mol. The lowest BCUT2D eigenvalue weighted by atomic mass is 10.1. The third-order valence-corrected chi connectivity index (χ3v) is 6.88. The Balaban J connectivity index is 1.56. The zero-order valence-electron chi connectivity index (χ0n) is 21.7. The molecule has 4 rings (SSSR count). The first kappa shape index (κ1) is 27.0. The van der Waals surface area contributed by atoms with E-state index in [1.807, 2.05) is 54.3 Å². The number of hydrogen-bond donors (Lipinski definition) is 0.